The van der Waals surface area contributed by atoms with E-state index in [9.17, 15) is 17.9 Å². The topological polar surface area (TPSA) is 81.4 Å². The van der Waals surface area contributed by atoms with Crippen LogP contribution in [0.15, 0.2) is 47.4 Å². The second-order valence-corrected chi connectivity index (χ2v) is 9.56. The molecule has 1 saturated carbocycles. The Morgan fingerprint density at radius 2 is 1.89 bits per heavy atom. The Bertz CT molecular complexity index is 1050. The number of aliphatic hydroxyl groups is 1. The highest BCUT2D eigenvalue weighted by Crippen LogP contribution is 2.50. The van der Waals surface area contributed by atoms with Crippen molar-refractivity contribution >= 4 is 21.6 Å². The molecule has 0 amide bonds. The fourth-order valence-electron chi connectivity index (χ4n) is 4.44. The van der Waals surface area contributed by atoms with Crippen LogP contribution in [0.4, 0.5) is 4.39 Å². The summed E-state index contributed by atoms with van der Waals surface area (Å²) in [4.78, 5) is 0.0815. The average molecular weight is 421 g/mol. The van der Waals surface area contributed by atoms with E-state index in [-0.39, 0.29) is 16.0 Å². The summed E-state index contributed by atoms with van der Waals surface area (Å²) in [7, 11) is -3.93. The summed E-state index contributed by atoms with van der Waals surface area (Å²) in [5.74, 6) is -1.05. The number of halogens is 2. The maximum atomic E-state index is 14.8. The molecular formula is C20H18ClFN2O3S. The van der Waals surface area contributed by atoms with Crippen LogP contribution in [0.5, 0.6) is 0 Å². The Kier molecular flexibility index (Phi) is 4.92. The molecule has 0 unspecified atom stereocenters. The number of sulfonamides is 1. The lowest BCUT2D eigenvalue weighted by Crippen LogP contribution is -2.57. The van der Waals surface area contributed by atoms with E-state index in [0.29, 0.717) is 24.3 Å². The summed E-state index contributed by atoms with van der Waals surface area (Å²) >= 11 is 5.89. The van der Waals surface area contributed by atoms with Crippen molar-refractivity contribution in [2.24, 2.45) is 5.92 Å². The Morgan fingerprint density at radius 3 is 2.50 bits per heavy atom. The number of aliphatic hydroxyl groups excluding tert-OH is 1. The molecule has 1 aliphatic carbocycles. The van der Waals surface area contributed by atoms with Crippen LogP contribution in [0, 0.1) is 23.1 Å². The first kappa shape index (κ1) is 19.3. The molecule has 3 aliphatic rings. The number of fused-ring (bicyclic) bond motifs is 3. The Balaban J connectivity index is 1.84. The average Bonchev–Trinajstić information content (AvgIpc) is 2.67. The largest absolute Gasteiger partial charge is 0.393 e. The van der Waals surface area contributed by atoms with Gasteiger partial charge in [-0.3, -0.25) is 0 Å². The molecule has 0 radical (unpaired) electrons. The number of benzene rings is 2. The van der Waals surface area contributed by atoms with Gasteiger partial charge in [0.1, 0.15) is 5.82 Å². The van der Waals surface area contributed by atoms with Gasteiger partial charge in [-0.15, -0.1) is 0 Å². The summed E-state index contributed by atoms with van der Waals surface area (Å²) < 4.78 is 43.0. The van der Waals surface area contributed by atoms with Gasteiger partial charge in [0, 0.05) is 22.5 Å². The zero-order valence-electron chi connectivity index (χ0n) is 14.8. The van der Waals surface area contributed by atoms with Crippen molar-refractivity contribution in [1.29, 1.82) is 5.26 Å². The first-order chi connectivity index (χ1) is 13.3. The lowest BCUT2D eigenvalue weighted by molar-refractivity contribution is -0.0546. The quantitative estimate of drug-likeness (QED) is 0.822. The molecule has 0 aromatic heterocycles. The normalized spacial score (nSPS) is 27.5. The van der Waals surface area contributed by atoms with E-state index in [4.69, 9.17) is 16.9 Å². The Labute approximate surface area is 168 Å². The molecule has 5 nitrogen and oxygen atoms in total. The van der Waals surface area contributed by atoms with Crippen LogP contribution in [-0.4, -0.2) is 30.0 Å². The number of nitrogens with zero attached hydrogens (tertiary/aromatic N) is 2. The molecule has 28 heavy (non-hydrogen) atoms. The third kappa shape index (κ3) is 3.11. The van der Waals surface area contributed by atoms with Gasteiger partial charge < -0.3 is 5.11 Å². The standard InChI is InChI=1S/C20H18ClFN2O3S/c21-13-2-5-15(6-3-13)28(26,27)24-14-4-8-17(19(25)10-14)20(24)16-7-1-12(11-23)9-18(16)22/h1-3,5-7,9,14,17,19-20,25H,4,8,10H2/t14-,17+,19-,20+/m0/s1. The van der Waals surface area contributed by atoms with Crippen LogP contribution in [0.1, 0.15) is 36.4 Å². The van der Waals surface area contributed by atoms with E-state index in [1.54, 1.807) is 0 Å². The molecule has 1 N–H and O–H groups in total. The predicted molar refractivity (Wildman–Crippen MR) is 101 cm³/mol. The highest BCUT2D eigenvalue weighted by atomic mass is 35.5. The molecule has 4 atom stereocenters. The van der Waals surface area contributed by atoms with Gasteiger partial charge in [-0.05, 0) is 55.7 Å². The van der Waals surface area contributed by atoms with Gasteiger partial charge in [-0.25, -0.2) is 12.8 Å². The SMILES string of the molecule is N#Cc1ccc([C@@H]2[C@@H]3CC[C@@H](C[C@@H]3O)N2S(=O)(=O)c2ccc(Cl)cc2)c(F)c1. The third-order valence-corrected chi connectivity index (χ3v) is 7.92. The minimum absolute atomic E-state index is 0.0815. The smallest absolute Gasteiger partial charge is 0.243 e. The minimum atomic E-state index is -3.93. The Morgan fingerprint density at radius 1 is 1.18 bits per heavy atom. The van der Waals surface area contributed by atoms with Gasteiger partial charge in [0.25, 0.3) is 0 Å². The van der Waals surface area contributed by atoms with Crippen molar-refractivity contribution in [3.05, 3.63) is 64.4 Å². The van der Waals surface area contributed by atoms with E-state index < -0.39 is 39.9 Å². The van der Waals surface area contributed by atoms with Crippen LogP contribution in [0.3, 0.4) is 0 Å². The van der Waals surface area contributed by atoms with Gasteiger partial charge in [-0.2, -0.15) is 9.57 Å². The second kappa shape index (κ2) is 7.12. The second-order valence-electron chi connectivity index (χ2n) is 7.28. The van der Waals surface area contributed by atoms with Crippen LogP contribution in [0.2, 0.25) is 5.02 Å². The van der Waals surface area contributed by atoms with Crippen molar-refractivity contribution in [1.82, 2.24) is 4.31 Å². The first-order valence-corrected chi connectivity index (χ1v) is 10.8. The molecule has 2 aromatic rings. The minimum Gasteiger partial charge on any atom is -0.393 e. The summed E-state index contributed by atoms with van der Waals surface area (Å²) in [5, 5.41) is 19.9. The van der Waals surface area contributed by atoms with Crippen molar-refractivity contribution in [2.45, 2.75) is 42.3 Å². The predicted octanol–water partition coefficient (Wildman–Crippen LogP) is 3.63. The van der Waals surface area contributed by atoms with E-state index >= 15 is 0 Å². The van der Waals surface area contributed by atoms with Crippen molar-refractivity contribution in [2.75, 3.05) is 0 Å². The Hall–Kier alpha value is -1.98. The fourth-order valence-corrected chi connectivity index (χ4v) is 6.44. The van der Waals surface area contributed by atoms with Crippen molar-refractivity contribution in [3.63, 3.8) is 0 Å². The third-order valence-electron chi connectivity index (χ3n) is 5.72. The van der Waals surface area contributed by atoms with Gasteiger partial charge in [0.05, 0.1) is 28.7 Å². The highest BCUT2D eigenvalue weighted by Gasteiger charge is 2.52. The summed E-state index contributed by atoms with van der Waals surface area (Å²) in [6.45, 7) is 0. The molecule has 2 aliphatic heterocycles. The maximum absolute atomic E-state index is 14.8. The monoisotopic (exact) mass is 420 g/mol. The van der Waals surface area contributed by atoms with Gasteiger partial charge in [-0.1, -0.05) is 17.7 Å². The molecule has 5 rings (SSSR count). The molecule has 2 bridgehead atoms. The fraction of sp³-hybridized carbons (Fsp3) is 0.350. The lowest BCUT2D eigenvalue weighted by Gasteiger charge is -2.52. The zero-order valence-corrected chi connectivity index (χ0v) is 16.4. The number of hydrogen-bond acceptors (Lipinski definition) is 4. The van der Waals surface area contributed by atoms with Gasteiger partial charge in [0.15, 0.2) is 0 Å². The van der Waals surface area contributed by atoms with Crippen molar-refractivity contribution in [3.8, 4) is 6.07 Å². The molecule has 0 spiro atoms. The molecule has 2 heterocycles. The molecule has 146 valence electrons. The summed E-state index contributed by atoms with van der Waals surface area (Å²) in [5.41, 5.74) is 0.347. The van der Waals surface area contributed by atoms with Crippen LogP contribution in [0.25, 0.3) is 0 Å². The van der Waals surface area contributed by atoms with Crippen LogP contribution < -0.4 is 0 Å². The van der Waals surface area contributed by atoms with Crippen LogP contribution in [-0.2, 0) is 10.0 Å². The molecule has 3 fully saturated rings. The summed E-state index contributed by atoms with van der Waals surface area (Å²) in [6, 6.07) is 10.5. The van der Waals surface area contributed by atoms with Gasteiger partial charge >= 0.3 is 0 Å². The van der Waals surface area contributed by atoms with E-state index in [0.717, 1.165) is 6.07 Å². The zero-order chi connectivity index (χ0) is 20.1. The maximum Gasteiger partial charge on any atom is 0.243 e. The van der Waals surface area contributed by atoms with E-state index in [2.05, 4.69) is 0 Å². The molecular weight excluding hydrogens is 403 g/mol. The number of piperidine rings is 2. The van der Waals surface area contributed by atoms with Gasteiger partial charge in [0.2, 0.25) is 10.0 Å². The first-order valence-electron chi connectivity index (χ1n) is 8.99. The molecule has 2 aromatic carbocycles. The lowest BCUT2D eigenvalue weighted by atomic mass is 9.72. The summed E-state index contributed by atoms with van der Waals surface area (Å²) in [6.07, 6.45) is 0.854. The number of hydrogen-bond donors (Lipinski definition) is 1. The number of rotatable bonds is 3. The molecule has 8 heteroatoms. The van der Waals surface area contributed by atoms with Crippen molar-refractivity contribution < 1.29 is 17.9 Å². The number of nitriles is 1. The van der Waals surface area contributed by atoms with Crippen LogP contribution >= 0.6 is 11.6 Å². The van der Waals surface area contributed by atoms with E-state index in [1.165, 1.54) is 40.7 Å². The van der Waals surface area contributed by atoms with E-state index in [1.807, 2.05) is 6.07 Å². The highest BCUT2D eigenvalue weighted by molar-refractivity contribution is 7.89. The molecule has 2 saturated heterocycles.